The highest BCUT2D eigenvalue weighted by molar-refractivity contribution is 5.23. The van der Waals surface area contributed by atoms with Gasteiger partial charge < -0.3 is 15.4 Å². The zero-order valence-corrected chi connectivity index (χ0v) is 12.8. The normalized spacial score (nSPS) is 19.1. The topological polar surface area (TPSA) is 38.5 Å². The molecule has 1 heterocycles. The molecule has 0 bridgehead atoms. The number of nitrogens with two attached hydrogens (primary N) is 1. The molecule has 1 saturated heterocycles. The molecule has 2 N–H and O–H groups in total. The summed E-state index contributed by atoms with van der Waals surface area (Å²) in [5.41, 5.74) is 8.83. The van der Waals surface area contributed by atoms with Crippen LogP contribution in [0.2, 0.25) is 0 Å². The lowest BCUT2D eigenvalue weighted by Gasteiger charge is -2.32. The van der Waals surface area contributed by atoms with Crippen LogP contribution < -0.4 is 5.73 Å². The molecule has 1 aliphatic rings. The average molecular weight is 276 g/mol. The minimum Gasteiger partial charge on any atom is -0.378 e. The second kappa shape index (κ2) is 7.77. The van der Waals surface area contributed by atoms with Gasteiger partial charge in [0, 0.05) is 25.7 Å². The van der Waals surface area contributed by atoms with E-state index in [9.17, 15) is 0 Å². The van der Waals surface area contributed by atoms with Crippen molar-refractivity contribution in [3.8, 4) is 0 Å². The summed E-state index contributed by atoms with van der Waals surface area (Å²) in [7, 11) is 0. The molecule has 3 nitrogen and oxygen atoms in total. The van der Waals surface area contributed by atoms with Crippen molar-refractivity contribution in [2.75, 3.05) is 26.2 Å². The van der Waals surface area contributed by atoms with Gasteiger partial charge in [-0.05, 0) is 45.2 Å². The maximum atomic E-state index is 6.29. The molecule has 1 unspecified atom stereocenters. The van der Waals surface area contributed by atoms with Gasteiger partial charge in [-0.15, -0.1) is 0 Å². The lowest BCUT2D eigenvalue weighted by atomic mass is 10.0. The number of ether oxygens (including phenoxy) is 1. The van der Waals surface area contributed by atoms with E-state index in [0.717, 1.165) is 45.5 Å². The number of nitrogens with zero attached hydrogens (tertiary/aromatic N) is 1. The highest BCUT2D eigenvalue weighted by Gasteiger charge is 2.19. The predicted octanol–water partition coefficient (Wildman–Crippen LogP) is 2.89. The van der Waals surface area contributed by atoms with Crippen LogP contribution in [0.1, 0.15) is 43.4 Å². The van der Waals surface area contributed by atoms with Crippen LogP contribution in [0.25, 0.3) is 0 Å². The number of aryl methyl sites for hydroxylation is 1. The minimum atomic E-state index is 0.153. The van der Waals surface area contributed by atoms with Crippen LogP contribution in [0.4, 0.5) is 0 Å². The Kier molecular flexibility index (Phi) is 6.02. The van der Waals surface area contributed by atoms with E-state index in [1.807, 2.05) is 0 Å². The molecule has 1 fully saturated rings. The molecule has 0 amide bonds. The summed E-state index contributed by atoms with van der Waals surface area (Å²) in [4.78, 5) is 2.52. The van der Waals surface area contributed by atoms with Crippen molar-refractivity contribution in [3.63, 3.8) is 0 Å². The lowest BCUT2D eigenvalue weighted by molar-refractivity contribution is 0.0138. The standard InChI is InChI=1S/C17H28N2O/c1-3-20-16-8-11-19(12-9-16)13-10-17(18)15-6-4-14(2)5-7-15/h4-7,16-17H,3,8-13,18H2,1-2H3. The van der Waals surface area contributed by atoms with E-state index in [-0.39, 0.29) is 6.04 Å². The van der Waals surface area contributed by atoms with Crippen molar-refractivity contribution in [1.29, 1.82) is 0 Å². The van der Waals surface area contributed by atoms with E-state index >= 15 is 0 Å². The summed E-state index contributed by atoms with van der Waals surface area (Å²) < 4.78 is 5.69. The Morgan fingerprint density at radius 1 is 1.25 bits per heavy atom. The van der Waals surface area contributed by atoms with Crippen molar-refractivity contribution < 1.29 is 4.74 Å². The van der Waals surface area contributed by atoms with Crippen molar-refractivity contribution >= 4 is 0 Å². The van der Waals surface area contributed by atoms with Gasteiger partial charge >= 0.3 is 0 Å². The molecule has 112 valence electrons. The molecule has 0 saturated carbocycles. The first-order chi connectivity index (χ1) is 9.69. The van der Waals surface area contributed by atoms with Crippen molar-refractivity contribution in [2.45, 2.75) is 45.3 Å². The van der Waals surface area contributed by atoms with Gasteiger partial charge in [0.05, 0.1) is 6.10 Å². The van der Waals surface area contributed by atoms with E-state index in [1.54, 1.807) is 0 Å². The first kappa shape index (κ1) is 15.5. The Balaban J connectivity index is 1.71. The van der Waals surface area contributed by atoms with Gasteiger partial charge in [-0.2, -0.15) is 0 Å². The quantitative estimate of drug-likeness (QED) is 0.868. The molecule has 2 rings (SSSR count). The molecule has 0 spiro atoms. The van der Waals surface area contributed by atoms with Crippen LogP contribution in [0.5, 0.6) is 0 Å². The van der Waals surface area contributed by atoms with Crippen LogP contribution in [0.3, 0.4) is 0 Å². The first-order valence-electron chi connectivity index (χ1n) is 7.85. The monoisotopic (exact) mass is 276 g/mol. The van der Waals surface area contributed by atoms with Crippen molar-refractivity contribution in [3.05, 3.63) is 35.4 Å². The number of benzene rings is 1. The van der Waals surface area contributed by atoms with Gasteiger partial charge in [0.2, 0.25) is 0 Å². The second-order valence-electron chi connectivity index (χ2n) is 5.80. The summed E-state index contributed by atoms with van der Waals surface area (Å²) in [5, 5.41) is 0. The van der Waals surface area contributed by atoms with Gasteiger partial charge in [-0.3, -0.25) is 0 Å². The summed E-state index contributed by atoms with van der Waals surface area (Å²) in [6.45, 7) is 8.40. The Morgan fingerprint density at radius 2 is 1.90 bits per heavy atom. The molecule has 1 aromatic rings. The molecule has 3 heteroatoms. The zero-order chi connectivity index (χ0) is 14.4. The highest BCUT2D eigenvalue weighted by atomic mass is 16.5. The van der Waals surface area contributed by atoms with Crippen LogP contribution in [0.15, 0.2) is 24.3 Å². The van der Waals surface area contributed by atoms with Gasteiger partial charge in [0.15, 0.2) is 0 Å². The molecule has 1 atom stereocenters. The molecule has 0 radical (unpaired) electrons. The molecule has 1 aromatic carbocycles. The molecular weight excluding hydrogens is 248 g/mol. The average Bonchev–Trinajstić information content (AvgIpc) is 2.47. The fraction of sp³-hybridized carbons (Fsp3) is 0.647. The fourth-order valence-corrected chi connectivity index (χ4v) is 2.84. The van der Waals surface area contributed by atoms with E-state index in [0.29, 0.717) is 6.10 Å². The molecular formula is C17H28N2O. The smallest absolute Gasteiger partial charge is 0.0599 e. The van der Waals surface area contributed by atoms with Crippen LogP contribution in [-0.2, 0) is 4.74 Å². The van der Waals surface area contributed by atoms with Crippen molar-refractivity contribution in [2.24, 2.45) is 5.73 Å². The summed E-state index contributed by atoms with van der Waals surface area (Å²) in [6, 6.07) is 8.74. The first-order valence-corrected chi connectivity index (χ1v) is 7.85. The Morgan fingerprint density at radius 3 is 2.50 bits per heavy atom. The van der Waals surface area contributed by atoms with Gasteiger partial charge in [0.25, 0.3) is 0 Å². The Labute approximate surface area is 123 Å². The number of rotatable bonds is 6. The van der Waals surface area contributed by atoms with Crippen LogP contribution in [-0.4, -0.2) is 37.2 Å². The molecule has 0 aliphatic carbocycles. The number of likely N-dealkylation sites (tertiary alicyclic amines) is 1. The number of hydrogen-bond acceptors (Lipinski definition) is 3. The minimum absolute atomic E-state index is 0.153. The molecule has 0 aromatic heterocycles. The Bertz CT molecular complexity index is 382. The maximum absolute atomic E-state index is 6.29. The third-order valence-corrected chi connectivity index (χ3v) is 4.20. The summed E-state index contributed by atoms with van der Waals surface area (Å²) in [5.74, 6) is 0. The molecule has 20 heavy (non-hydrogen) atoms. The summed E-state index contributed by atoms with van der Waals surface area (Å²) >= 11 is 0. The highest BCUT2D eigenvalue weighted by Crippen LogP contribution is 2.18. The van der Waals surface area contributed by atoms with E-state index in [1.165, 1.54) is 11.1 Å². The third-order valence-electron chi connectivity index (χ3n) is 4.20. The third kappa shape index (κ3) is 4.58. The van der Waals surface area contributed by atoms with E-state index in [2.05, 4.69) is 43.0 Å². The SMILES string of the molecule is CCOC1CCN(CCC(N)c2ccc(C)cc2)CC1. The predicted molar refractivity (Wildman–Crippen MR) is 83.8 cm³/mol. The van der Waals surface area contributed by atoms with E-state index in [4.69, 9.17) is 10.5 Å². The zero-order valence-electron chi connectivity index (χ0n) is 12.8. The second-order valence-corrected chi connectivity index (χ2v) is 5.80. The summed E-state index contributed by atoms with van der Waals surface area (Å²) in [6.07, 6.45) is 3.82. The van der Waals surface area contributed by atoms with Gasteiger partial charge in [-0.25, -0.2) is 0 Å². The fourth-order valence-electron chi connectivity index (χ4n) is 2.84. The van der Waals surface area contributed by atoms with E-state index < -0.39 is 0 Å². The van der Waals surface area contributed by atoms with Gasteiger partial charge in [0.1, 0.15) is 0 Å². The lowest BCUT2D eigenvalue weighted by Crippen LogP contribution is -2.38. The molecule has 1 aliphatic heterocycles. The van der Waals surface area contributed by atoms with Crippen molar-refractivity contribution in [1.82, 2.24) is 4.90 Å². The largest absolute Gasteiger partial charge is 0.378 e. The number of piperidine rings is 1. The maximum Gasteiger partial charge on any atom is 0.0599 e. The number of hydrogen-bond donors (Lipinski definition) is 1. The Hall–Kier alpha value is -0.900. The van der Waals surface area contributed by atoms with Crippen LogP contribution >= 0.6 is 0 Å². The van der Waals surface area contributed by atoms with Crippen LogP contribution in [0, 0.1) is 6.92 Å². The van der Waals surface area contributed by atoms with Gasteiger partial charge in [-0.1, -0.05) is 29.8 Å².